The van der Waals surface area contributed by atoms with Crippen LogP contribution in [0.25, 0.3) is 28.1 Å². The molecule has 0 saturated heterocycles. The summed E-state index contributed by atoms with van der Waals surface area (Å²) in [6, 6.07) is 10.5. The van der Waals surface area contributed by atoms with Crippen molar-refractivity contribution in [1.29, 1.82) is 0 Å². The summed E-state index contributed by atoms with van der Waals surface area (Å²) < 4.78 is 15.8. The van der Waals surface area contributed by atoms with Crippen LogP contribution in [0.2, 0.25) is 5.02 Å². The first-order valence-electron chi connectivity index (χ1n) is 9.56. The summed E-state index contributed by atoms with van der Waals surface area (Å²) >= 11 is 6.40. The molecule has 7 heteroatoms. The molecule has 30 heavy (non-hydrogen) atoms. The van der Waals surface area contributed by atoms with E-state index in [1.165, 1.54) is 7.11 Å². The first-order valence-corrected chi connectivity index (χ1v) is 9.94. The Bertz CT molecular complexity index is 1100. The molecule has 0 saturated carbocycles. The van der Waals surface area contributed by atoms with E-state index >= 15 is 0 Å². The highest BCUT2D eigenvalue weighted by atomic mass is 35.5. The fourth-order valence-corrected chi connectivity index (χ4v) is 3.19. The summed E-state index contributed by atoms with van der Waals surface area (Å²) in [6.45, 7) is 6.17. The molecule has 0 atom stereocenters. The monoisotopic (exact) mass is 427 g/mol. The molecule has 156 valence electrons. The summed E-state index contributed by atoms with van der Waals surface area (Å²) in [5.41, 5.74) is 3.17. The van der Waals surface area contributed by atoms with Gasteiger partial charge in [0.15, 0.2) is 5.58 Å². The third kappa shape index (κ3) is 4.71. The van der Waals surface area contributed by atoms with Crippen molar-refractivity contribution in [3.63, 3.8) is 0 Å². The number of methoxy groups -OCH3 is 1. The average molecular weight is 428 g/mol. The van der Waals surface area contributed by atoms with Gasteiger partial charge in [-0.25, -0.2) is 9.78 Å². The molecule has 0 spiro atoms. The highest BCUT2D eigenvalue weighted by molar-refractivity contribution is 6.34. The molecule has 0 radical (unpaired) electrons. The molecule has 0 amide bonds. The van der Waals surface area contributed by atoms with E-state index in [0.717, 1.165) is 12.8 Å². The van der Waals surface area contributed by atoms with E-state index in [-0.39, 0.29) is 18.0 Å². The second-order valence-corrected chi connectivity index (χ2v) is 7.11. The minimum Gasteiger partial charge on any atom is -0.469 e. The number of fused-ring (bicyclic) bond motifs is 1. The predicted octanol–water partition coefficient (Wildman–Crippen LogP) is 5.22. The Labute approximate surface area is 179 Å². The lowest BCUT2D eigenvalue weighted by Gasteiger charge is -2.09. The number of carbonyl (C=O) groups excluding carboxylic acids is 2. The largest absolute Gasteiger partial charge is 0.469 e. The number of hydrogen-bond donors (Lipinski definition) is 0. The smallest absolute Gasteiger partial charge is 0.338 e. The van der Waals surface area contributed by atoms with Crippen LogP contribution in [0.4, 0.5) is 0 Å². The Morgan fingerprint density at radius 2 is 2.03 bits per heavy atom. The topological polar surface area (TPSA) is 78.6 Å². The van der Waals surface area contributed by atoms with Crippen molar-refractivity contribution in [3.05, 3.63) is 59.1 Å². The quantitative estimate of drug-likeness (QED) is 0.278. The van der Waals surface area contributed by atoms with Gasteiger partial charge in [0.2, 0.25) is 5.89 Å². The molecule has 0 bridgehead atoms. The summed E-state index contributed by atoms with van der Waals surface area (Å²) in [5.74, 6) is -0.497. The van der Waals surface area contributed by atoms with E-state index in [1.54, 1.807) is 36.4 Å². The molecule has 0 aliphatic carbocycles. The van der Waals surface area contributed by atoms with Crippen molar-refractivity contribution >= 4 is 40.2 Å². The van der Waals surface area contributed by atoms with Gasteiger partial charge >= 0.3 is 11.9 Å². The van der Waals surface area contributed by atoms with Gasteiger partial charge in [-0.2, -0.15) is 0 Å². The predicted molar refractivity (Wildman–Crippen MR) is 115 cm³/mol. The number of esters is 2. The Morgan fingerprint density at radius 1 is 1.23 bits per heavy atom. The Balaban J connectivity index is 1.86. The second kappa shape index (κ2) is 9.59. The van der Waals surface area contributed by atoms with Crippen LogP contribution in [-0.2, 0) is 25.5 Å². The SMILES string of the molecule is C=C(C(=O)OCCCC)c1ccc(-c2nc3c(CC(=O)OC)cccc3o2)cc1Cl. The van der Waals surface area contributed by atoms with Crippen molar-refractivity contribution in [3.8, 4) is 11.5 Å². The van der Waals surface area contributed by atoms with Gasteiger partial charge in [-0.1, -0.05) is 49.7 Å². The summed E-state index contributed by atoms with van der Waals surface area (Å²) in [7, 11) is 1.34. The normalized spacial score (nSPS) is 10.8. The van der Waals surface area contributed by atoms with E-state index in [0.29, 0.717) is 45.3 Å². The minimum absolute atomic E-state index is 0.0967. The van der Waals surface area contributed by atoms with Gasteiger partial charge in [-0.05, 0) is 30.2 Å². The zero-order chi connectivity index (χ0) is 21.7. The van der Waals surface area contributed by atoms with Crippen LogP contribution in [0.5, 0.6) is 0 Å². The van der Waals surface area contributed by atoms with Crippen molar-refractivity contribution in [2.24, 2.45) is 0 Å². The molecular weight excluding hydrogens is 406 g/mol. The fraction of sp³-hybridized carbons (Fsp3) is 0.261. The van der Waals surface area contributed by atoms with E-state index in [2.05, 4.69) is 11.6 Å². The number of halogens is 1. The van der Waals surface area contributed by atoms with Gasteiger partial charge in [0.25, 0.3) is 0 Å². The lowest BCUT2D eigenvalue weighted by atomic mass is 10.1. The Hall–Kier alpha value is -3.12. The van der Waals surface area contributed by atoms with E-state index in [9.17, 15) is 9.59 Å². The Kier molecular flexibility index (Phi) is 6.90. The second-order valence-electron chi connectivity index (χ2n) is 6.70. The van der Waals surface area contributed by atoms with Crippen LogP contribution in [0.3, 0.4) is 0 Å². The number of unbranched alkanes of at least 4 members (excludes halogenated alkanes) is 1. The van der Waals surface area contributed by atoms with Crippen LogP contribution < -0.4 is 0 Å². The molecule has 2 aromatic carbocycles. The third-order valence-electron chi connectivity index (χ3n) is 4.58. The van der Waals surface area contributed by atoms with Gasteiger partial charge in [-0.15, -0.1) is 0 Å². The number of rotatable bonds is 8. The summed E-state index contributed by atoms with van der Waals surface area (Å²) in [6.07, 6.45) is 1.82. The summed E-state index contributed by atoms with van der Waals surface area (Å²) in [5, 5.41) is 0.335. The molecule has 0 aliphatic heterocycles. The Morgan fingerprint density at radius 3 is 2.73 bits per heavy atom. The number of hydrogen-bond acceptors (Lipinski definition) is 6. The summed E-state index contributed by atoms with van der Waals surface area (Å²) in [4.78, 5) is 28.3. The molecule has 1 aromatic heterocycles. The maximum atomic E-state index is 12.1. The standard InChI is InChI=1S/C23H22ClNO5/c1-4-5-11-29-23(27)14(2)17-10-9-16(12-18(17)24)22-25-21-15(13-20(26)28-3)7-6-8-19(21)30-22/h6-10,12H,2,4-5,11,13H2,1,3H3. The van der Waals surface area contributed by atoms with Crippen LogP contribution in [0, 0.1) is 0 Å². The number of oxazole rings is 1. The van der Waals surface area contributed by atoms with E-state index < -0.39 is 5.97 Å². The first kappa shape index (κ1) is 21.6. The number of nitrogens with zero attached hydrogens (tertiary/aromatic N) is 1. The fourth-order valence-electron chi connectivity index (χ4n) is 2.90. The lowest BCUT2D eigenvalue weighted by molar-refractivity contribution is -0.140. The number of ether oxygens (including phenoxy) is 2. The molecular formula is C23H22ClNO5. The van der Waals surface area contributed by atoms with Gasteiger partial charge < -0.3 is 13.9 Å². The number of benzene rings is 2. The number of aromatic nitrogens is 1. The van der Waals surface area contributed by atoms with Crippen LogP contribution in [0.15, 0.2) is 47.4 Å². The highest BCUT2D eigenvalue weighted by Crippen LogP contribution is 2.32. The molecule has 0 N–H and O–H groups in total. The van der Waals surface area contributed by atoms with Crippen molar-refractivity contribution < 1.29 is 23.5 Å². The van der Waals surface area contributed by atoms with Crippen molar-refractivity contribution in [2.45, 2.75) is 26.2 Å². The van der Waals surface area contributed by atoms with E-state index in [4.69, 9.17) is 25.5 Å². The third-order valence-corrected chi connectivity index (χ3v) is 4.90. The number of carbonyl (C=O) groups is 2. The molecule has 6 nitrogen and oxygen atoms in total. The zero-order valence-electron chi connectivity index (χ0n) is 16.9. The molecule has 1 heterocycles. The maximum Gasteiger partial charge on any atom is 0.338 e. The molecule has 0 aliphatic rings. The maximum absolute atomic E-state index is 12.1. The zero-order valence-corrected chi connectivity index (χ0v) is 17.6. The van der Waals surface area contributed by atoms with Crippen LogP contribution in [0.1, 0.15) is 30.9 Å². The first-order chi connectivity index (χ1) is 14.4. The molecule has 3 aromatic rings. The van der Waals surface area contributed by atoms with Crippen molar-refractivity contribution in [2.75, 3.05) is 13.7 Å². The number of para-hydroxylation sites is 1. The molecule has 0 fully saturated rings. The van der Waals surface area contributed by atoms with Crippen molar-refractivity contribution in [1.82, 2.24) is 4.98 Å². The molecule has 0 unspecified atom stereocenters. The minimum atomic E-state index is -0.493. The molecule has 3 rings (SSSR count). The van der Waals surface area contributed by atoms with Crippen LogP contribution >= 0.6 is 11.6 Å². The highest BCUT2D eigenvalue weighted by Gasteiger charge is 2.18. The van der Waals surface area contributed by atoms with Gasteiger partial charge in [0, 0.05) is 16.1 Å². The van der Waals surface area contributed by atoms with Crippen LogP contribution in [-0.4, -0.2) is 30.6 Å². The average Bonchev–Trinajstić information content (AvgIpc) is 3.18. The lowest BCUT2D eigenvalue weighted by Crippen LogP contribution is -2.07. The van der Waals surface area contributed by atoms with Gasteiger partial charge in [-0.3, -0.25) is 4.79 Å². The van der Waals surface area contributed by atoms with E-state index in [1.807, 2.05) is 6.92 Å². The van der Waals surface area contributed by atoms with Gasteiger partial charge in [0.1, 0.15) is 5.52 Å². The van der Waals surface area contributed by atoms with Gasteiger partial charge in [0.05, 0.1) is 25.7 Å².